The van der Waals surface area contributed by atoms with Gasteiger partial charge in [-0.1, -0.05) is 23.7 Å². The molecule has 1 N–H and O–H groups in total. The molecule has 0 bridgehead atoms. The molecule has 0 radical (unpaired) electrons. The second-order valence-corrected chi connectivity index (χ2v) is 6.08. The fraction of sp³-hybridized carbons (Fsp3) is 0.562. The van der Waals surface area contributed by atoms with Crippen LogP contribution in [0, 0.1) is 5.92 Å². The highest BCUT2D eigenvalue weighted by molar-refractivity contribution is 6.30. The molecular weight excluding hydrogens is 323 g/mol. The average Bonchev–Trinajstić information content (AvgIpc) is 3.26. The zero-order chi connectivity index (χ0) is 14.8. The van der Waals surface area contributed by atoms with Gasteiger partial charge in [-0.25, -0.2) is 0 Å². The van der Waals surface area contributed by atoms with Gasteiger partial charge in [0, 0.05) is 31.3 Å². The van der Waals surface area contributed by atoms with E-state index in [2.05, 4.69) is 5.32 Å². The topological polar surface area (TPSA) is 41.6 Å². The minimum absolute atomic E-state index is 0. The van der Waals surface area contributed by atoms with E-state index in [0.29, 0.717) is 11.6 Å². The Morgan fingerprint density at radius 2 is 2.32 bits per heavy atom. The molecule has 0 spiro atoms. The molecule has 0 aromatic heterocycles. The molecule has 22 heavy (non-hydrogen) atoms. The summed E-state index contributed by atoms with van der Waals surface area (Å²) in [6.45, 7) is 5.01. The minimum Gasteiger partial charge on any atom is -0.378 e. The molecule has 3 unspecified atom stereocenters. The first-order chi connectivity index (χ1) is 10.2. The number of ether oxygens (including phenoxy) is 1. The first kappa shape index (κ1) is 17.5. The second kappa shape index (κ2) is 7.64. The van der Waals surface area contributed by atoms with E-state index in [0.717, 1.165) is 31.6 Å². The average molecular weight is 345 g/mol. The van der Waals surface area contributed by atoms with Gasteiger partial charge in [-0.2, -0.15) is 0 Å². The number of benzene rings is 1. The summed E-state index contributed by atoms with van der Waals surface area (Å²) in [5, 5.41) is 4.08. The quantitative estimate of drug-likeness (QED) is 0.912. The summed E-state index contributed by atoms with van der Waals surface area (Å²) >= 11 is 6.09. The normalized spacial score (nSPS) is 27.2. The van der Waals surface area contributed by atoms with Crippen LogP contribution in [-0.2, 0) is 9.53 Å². The number of hydrogen-bond acceptors (Lipinski definition) is 3. The highest BCUT2D eigenvalue weighted by atomic mass is 35.5. The molecule has 1 saturated carbocycles. The smallest absolute Gasteiger partial charge is 0.229 e. The standard InChI is InChI=1S/C16H21ClN2O2.ClH/c1-2-21-15-9-13(15)16(20)19-7-6-18-10-14(19)11-4-3-5-12(17)8-11;/h3-5,8,13-15,18H,2,6-7,9-10H2,1H3;1H. The Bertz CT molecular complexity index is 527. The number of nitrogens with one attached hydrogen (secondary N) is 1. The number of piperazine rings is 1. The van der Waals surface area contributed by atoms with E-state index in [1.165, 1.54) is 0 Å². The summed E-state index contributed by atoms with van der Waals surface area (Å²) in [6, 6.07) is 7.85. The molecule has 4 nitrogen and oxygen atoms in total. The SMILES string of the molecule is CCOC1CC1C(=O)N1CCNCC1c1cccc(Cl)c1.Cl. The lowest BCUT2D eigenvalue weighted by Crippen LogP contribution is -2.49. The van der Waals surface area contributed by atoms with Gasteiger partial charge >= 0.3 is 0 Å². The van der Waals surface area contributed by atoms with Gasteiger partial charge < -0.3 is 15.0 Å². The number of halogens is 2. The number of carbonyl (C=O) groups excluding carboxylic acids is 1. The first-order valence-corrected chi connectivity index (χ1v) is 7.96. The van der Waals surface area contributed by atoms with E-state index in [1.54, 1.807) is 0 Å². The van der Waals surface area contributed by atoms with E-state index in [9.17, 15) is 4.79 Å². The van der Waals surface area contributed by atoms with E-state index in [4.69, 9.17) is 16.3 Å². The highest BCUT2D eigenvalue weighted by Crippen LogP contribution is 2.38. The van der Waals surface area contributed by atoms with Gasteiger partial charge in [0.2, 0.25) is 5.91 Å². The molecule has 1 aromatic rings. The van der Waals surface area contributed by atoms with Crippen LogP contribution in [0.5, 0.6) is 0 Å². The molecule has 1 aromatic carbocycles. The van der Waals surface area contributed by atoms with Gasteiger partial charge in [0.15, 0.2) is 0 Å². The first-order valence-electron chi connectivity index (χ1n) is 7.59. The monoisotopic (exact) mass is 344 g/mol. The Labute approximate surface area is 142 Å². The largest absolute Gasteiger partial charge is 0.378 e. The second-order valence-electron chi connectivity index (χ2n) is 5.64. The van der Waals surface area contributed by atoms with Gasteiger partial charge in [-0.15, -0.1) is 12.4 Å². The summed E-state index contributed by atoms with van der Waals surface area (Å²) in [5.74, 6) is 0.268. The molecule has 1 aliphatic heterocycles. The van der Waals surface area contributed by atoms with E-state index in [1.807, 2.05) is 36.1 Å². The lowest BCUT2D eigenvalue weighted by Gasteiger charge is -2.37. The Morgan fingerprint density at radius 1 is 1.50 bits per heavy atom. The Balaban J connectivity index is 0.00000176. The third kappa shape index (κ3) is 3.74. The van der Waals surface area contributed by atoms with Gasteiger partial charge in [-0.05, 0) is 31.0 Å². The third-order valence-corrected chi connectivity index (χ3v) is 4.42. The molecule has 6 heteroatoms. The lowest BCUT2D eigenvalue weighted by molar-refractivity contribution is -0.137. The molecule has 1 amide bonds. The molecule has 1 heterocycles. The van der Waals surface area contributed by atoms with Crippen LogP contribution in [-0.4, -0.2) is 43.2 Å². The predicted molar refractivity (Wildman–Crippen MR) is 89.5 cm³/mol. The lowest BCUT2D eigenvalue weighted by atomic mass is 10.0. The summed E-state index contributed by atoms with van der Waals surface area (Å²) in [4.78, 5) is 14.7. The molecule has 1 saturated heterocycles. The van der Waals surface area contributed by atoms with Crippen LogP contribution in [0.25, 0.3) is 0 Å². The van der Waals surface area contributed by atoms with Crippen LogP contribution in [0.2, 0.25) is 5.02 Å². The molecule has 122 valence electrons. The molecule has 2 aliphatic rings. The van der Waals surface area contributed by atoms with E-state index >= 15 is 0 Å². The Morgan fingerprint density at radius 3 is 3.05 bits per heavy atom. The van der Waals surface area contributed by atoms with Gasteiger partial charge in [-0.3, -0.25) is 4.79 Å². The van der Waals surface area contributed by atoms with Gasteiger partial charge in [0.1, 0.15) is 0 Å². The third-order valence-electron chi connectivity index (χ3n) is 4.19. The maximum atomic E-state index is 12.7. The number of rotatable bonds is 4. The molecule has 3 rings (SSSR count). The maximum absolute atomic E-state index is 12.7. The van der Waals surface area contributed by atoms with Crippen molar-refractivity contribution in [3.63, 3.8) is 0 Å². The van der Waals surface area contributed by atoms with Crippen LogP contribution in [0.4, 0.5) is 0 Å². The maximum Gasteiger partial charge on any atom is 0.229 e. The number of amides is 1. The molecular formula is C16H22Cl2N2O2. The summed E-state index contributed by atoms with van der Waals surface area (Å²) < 4.78 is 5.55. The summed E-state index contributed by atoms with van der Waals surface area (Å²) in [5.41, 5.74) is 1.09. The van der Waals surface area contributed by atoms with Crippen molar-refractivity contribution < 1.29 is 9.53 Å². The van der Waals surface area contributed by atoms with Crippen molar-refractivity contribution in [2.24, 2.45) is 5.92 Å². The number of carbonyl (C=O) groups is 1. The van der Waals surface area contributed by atoms with Crippen molar-refractivity contribution in [1.29, 1.82) is 0 Å². The fourth-order valence-corrected chi connectivity index (χ4v) is 3.22. The zero-order valence-electron chi connectivity index (χ0n) is 12.6. The van der Waals surface area contributed by atoms with E-state index in [-0.39, 0.29) is 36.4 Å². The van der Waals surface area contributed by atoms with Crippen molar-refractivity contribution in [2.45, 2.75) is 25.5 Å². The van der Waals surface area contributed by atoms with Crippen molar-refractivity contribution >= 4 is 29.9 Å². The van der Waals surface area contributed by atoms with Crippen molar-refractivity contribution in [2.75, 3.05) is 26.2 Å². The van der Waals surface area contributed by atoms with E-state index < -0.39 is 0 Å². The van der Waals surface area contributed by atoms with Crippen LogP contribution in [0.15, 0.2) is 24.3 Å². The van der Waals surface area contributed by atoms with Gasteiger partial charge in [0.25, 0.3) is 0 Å². The fourth-order valence-electron chi connectivity index (χ4n) is 3.02. The van der Waals surface area contributed by atoms with Crippen molar-refractivity contribution in [3.05, 3.63) is 34.9 Å². The number of nitrogens with zero attached hydrogens (tertiary/aromatic N) is 1. The molecule has 2 fully saturated rings. The Kier molecular flexibility index (Phi) is 6.09. The van der Waals surface area contributed by atoms with Crippen LogP contribution < -0.4 is 5.32 Å². The number of hydrogen-bond donors (Lipinski definition) is 1. The highest BCUT2D eigenvalue weighted by Gasteiger charge is 2.47. The summed E-state index contributed by atoms with van der Waals surface area (Å²) in [6.07, 6.45) is 0.983. The van der Waals surface area contributed by atoms with Gasteiger partial charge in [0.05, 0.1) is 18.1 Å². The molecule has 1 aliphatic carbocycles. The van der Waals surface area contributed by atoms with Crippen LogP contribution in [0.1, 0.15) is 24.9 Å². The summed E-state index contributed by atoms with van der Waals surface area (Å²) in [7, 11) is 0. The predicted octanol–water partition coefficient (Wildman–Crippen LogP) is 2.66. The van der Waals surface area contributed by atoms with Crippen molar-refractivity contribution in [3.8, 4) is 0 Å². The zero-order valence-corrected chi connectivity index (χ0v) is 14.2. The van der Waals surface area contributed by atoms with Crippen molar-refractivity contribution in [1.82, 2.24) is 10.2 Å². The molecule has 3 atom stereocenters. The van der Waals surface area contributed by atoms with Crippen LogP contribution in [0.3, 0.4) is 0 Å². The van der Waals surface area contributed by atoms with Crippen LogP contribution >= 0.6 is 24.0 Å². The Hall–Kier alpha value is -0.810. The minimum atomic E-state index is 0.